The third-order valence-electron chi connectivity index (χ3n) is 2.10. The minimum absolute atomic E-state index is 0.0661. The van der Waals surface area contributed by atoms with Gasteiger partial charge in [-0.1, -0.05) is 0 Å². The van der Waals surface area contributed by atoms with Crippen molar-refractivity contribution in [3.05, 3.63) is 0 Å². The second-order valence-electron chi connectivity index (χ2n) is 4.42. The summed E-state index contributed by atoms with van der Waals surface area (Å²) in [6.45, 7) is 12.3. The molecule has 0 N–H and O–H groups in total. The van der Waals surface area contributed by atoms with Crippen molar-refractivity contribution in [3.63, 3.8) is 0 Å². The molecular formula is C9H26Cl2P3Pt+3. The first kappa shape index (κ1) is 19.9. The quantitative estimate of drug-likeness (QED) is 0.488. The number of hydrogen-bond acceptors (Lipinski definition) is 0. The topological polar surface area (TPSA) is 0 Å². The third kappa shape index (κ3) is 22.3. The predicted molar refractivity (Wildman–Crippen MR) is 85.7 cm³/mol. The van der Waals surface area contributed by atoms with Crippen LogP contribution in [0.4, 0.5) is 0 Å². The predicted octanol–water partition coefficient (Wildman–Crippen LogP) is 4.15. The minimum atomic E-state index is -0.472. The van der Waals surface area contributed by atoms with Crippen LogP contribution >= 0.6 is 42.6 Å². The van der Waals surface area contributed by atoms with Crippen LogP contribution in [0.2, 0.25) is 0 Å². The molecule has 0 aromatic rings. The van der Waals surface area contributed by atoms with Crippen molar-refractivity contribution < 1.29 is 16.5 Å². The van der Waals surface area contributed by atoms with Gasteiger partial charge in [-0.15, -0.1) is 0 Å². The molecule has 0 fully saturated rings. The molecule has 0 rings (SSSR count). The van der Waals surface area contributed by atoms with Crippen molar-refractivity contribution in [2.45, 2.75) is 0 Å². The molecule has 15 heavy (non-hydrogen) atoms. The van der Waals surface area contributed by atoms with Crippen molar-refractivity contribution in [2.24, 2.45) is 0 Å². The summed E-state index contributed by atoms with van der Waals surface area (Å²) in [6.07, 6.45) is 6.29. The molecule has 0 heterocycles. The molecular weight excluding hydrogens is 467 g/mol. The Morgan fingerprint density at radius 1 is 0.733 bits per heavy atom. The summed E-state index contributed by atoms with van der Waals surface area (Å²) in [5.41, 5.74) is 0. The maximum atomic E-state index is 4.88. The van der Waals surface area contributed by atoms with Crippen LogP contribution < -0.4 is 0 Å². The number of rotatable bonds is 6. The van der Waals surface area contributed by atoms with E-state index in [4.69, 9.17) is 18.8 Å². The zero-order chi connectivity index (χ0) is 12.3. The third-order valence-corrected chi connectivity index (χ3v) is 7.81. The van der Waals surface area contributed by atoms with E-state index in [9.17, 15) is 0 Å². The number of halogens is 2. The van der Waals surface area contributed by atoms with Gasteiger partial charge in [-0.3, -0.25) is 0 Å². The second kappa shape index (κ2) is 14.6. The second-order valence-corrected chi connectivity index (χ2v) is 16.4. The van der Waals surface area contributed by atoms with Crippen LogP contribution in [0.3, 0.4) is 0 Å². The molecule has 0 atom stereocenters. The molecule has 0 bridgehead atoms. The SMILES string of the molecule is C[PH+](C)CC[PH+](C)CC[PH+](C)C.[Cl][Pt][Cl]. The van der Waals surface area contributed by atoms with Crippen LogP contribution in [-0.2, 0) is 16.5 Å². The van der Waals surface area contributed by atoms with E-state index in [1.54, 1.807) is 24.6 Å². The summed E-state index contributed by atoms with van der Waals surface area (Å²) in [6, 6.07) is 0. The average Bonchev–Trinajstić information content (AvgIpc) is 2.12. The first-order valence-corrected chi connectivity index (χ1v) is 18.6. The van der Waals surface area contributed by atoms with Gasteiger partial charge in [-0.05, 0) is 15.8 Å². The standard InChI is InChI=1S/C9H23P3.2ClH.Pt/c1-10(2)6-8-12(5)9-7-11(3)4;;;/h6-9H2,1-5H3;2*1H;/q;;;+2/p+1. The Morgan fingerprint density at radius 2 is 1.00 bits per heavy atom. The molecule has 0 aromatic carbocycles. The van der Waals surface area contributed by atoms with E-state index in [0.29, 0.717) is 0 Å². The van der Waals surface area contributed by atoms with Gasteiger partial charge >= 0.3 is 35.3 Å². The van der Waals surface area contributed by atoms with Gasteiger partial charge in [-0.2, -0.15) is 0 Å². The normalized spacial score (nSPS) is 11.1. The average molecular weight is 493 g/mol. The summed E-state index contributed by atoms with van der Waals surface area (Å²) >= 11 is -0.472. The molecule has 0 radical (unpaired) electrons. The van der Waals surface area contributed by atoms with Crippen LogP contribution in [0.1, 0.15) is 0 Å². The fourth-order valence-corrected chi connectivity index (χ4v) is 8.72. The molecule has 0 nitrogen and oxygen atoms in total. The molecule has 0 unspecified atom stereocenters. The molecule has 0 aliphatic rings. The molecule has 0 aliphatic heterocycles. The Morgan fingerprint density at radius 3 is 1.20 bits per heavy atom. The van der Waals surface area contributed by atoms with Crippen LogP contribution in [0.15, 0.2) is 0 Å². The van der Waals surface area contributed by atoms with Crippen LogP contribution in [0.25, 0.3) is 0 Å². The number of hydrogen-bond donors (Lipinski definition) is 0. The molecule has 6 heteroatoms. The molecule has 0 aromatic heterocycles. The van der Waals surface area contributed by atoms with Gasteiger partial charge in [0.1, 0.15) is 0 Å². The molecule has 0 spiro atoms. The fourth-order valence-electron chi connectivity index (χ4n) is 1.05. The fraction of sp³-hybridized carbons (Fsp3) is 1.00. The van der Waals surface area contributed by atoms with E-state index in [1.165, 1.54) is 0 Å². The Hall–Kier alpha value is 2.56. The first-order chi connectivity index (χ1) is 6.93. The zero-order valence-corrected chi connectivity index (χ0v) is 17.2. The van der Waals surface area contributed by atoms with E-state index in [-0.39, 0.29) is 23.8 Å². The van der Waals surface area contributed by atoms with Crippen molar-refractivity contribution in [1.82, 2.24) is 0 Å². The van der Waals surface area contributed by atoms with E-state index in [2.05, 4.69) is 33.3 Å². The molecule has 98 valence electrons. The van der Waals surface area contributed by atoms with E-state index >= 15 is 0 Å². The summed E-state index contributed by atoms with van der Waals surface area (Å²) < 4.78 is 0. The van der Waals surface area contributed by atoms with Gasteiger partial charge in [0.05, 0.1) is 24.6 Å². The van der Waals surface area contributed by atoms with E-state index in [1.807, 2.05) is 0 Å². The summed E-state index contributed by atoms with van der Waals surface area (Å²) in [5, 5.41) is 0. The van der Waals surface area contributed by atoms with Crippen molar-refractivity contribution in [2.75, 3.05) is 58.0 Å². The monoisotopic (exact) mass is 492 g/mol. The van der Waals surface area contributed by atoms with Gasteiger partial charge in [0.25, 0.3) is 0 Å². The van der Waals surface area contributed by atoms with Crippen LogP contribution in [-0.4, -0.2) is 58.0 Å². The van der Waals surface area contributed by atoms with Crippen LogP contribution in [0, 0.1) is 0 Å². The van der Waals surface area contributed by atoms with Gasteiger partial charge in [0, 0.05) is 41.2 Å². The van der Waals surface area contributed by atoms with Crippen molar-refractivity contribution in [3.8, 4) is 0 Å². The summed E-state index contributed by atoms with van der Waals surface area (Å²) in [4.78, 5) is 0. The Labute approximate surface area is 116 Å². The zero-order valence-electron chi connectivity index (χ0n) is 10.4. The van der Waals surface area contributed by atoms with Gasteiger partial charge in [0.2, 0.25) is 0 Å². The van der Waals surface area contributed by atoms with Crippen LogP contribution in [0.5, 0.6) is 0 Å². The Balaban J connectivity index is 0. The van der Waals surface area contributed by atoms with Gasteiger partial charge in [0.15, 0.2) is 0 Å². The summed E-state index contributed by atoms with van der Waals surface area (Å²) in [5.74, 6) is 0. The van der Waals surface area contributed by atoms with E-state index in [0.717, 1.165) is 0 Å². The summed E-state index contributed by atoms with van der Waals surface area (Å²) in [7, 11) is 9.95. The van der Waals surface area contributed by atoms with Gasteiger partial charge < -0.3 is 0 Å². The van der Waals surface area contributed by atoms with E-state index < -0.39 is 16.5 Å². The molecule has 0 saturated heterocycles. The van der Waals surface area contributed by atoms with Crippen molar-refractivity contribution in [1.29, 1.82) is 0 Å². The molecule has 0 aliphatic carbocycles. The maximum absolute atomic E-state index is 4.88. The molecule has 0 amide bonds. The Bertz CT molecular complexity index is 114. The van der Waals surface area contributed by atoms with Gasteiger partial charge in [-0.25, -0.2) is 0 Å². The molecule has 0 saturated carbocycles. The first-order valence-electron chi connectivity index (χ1n) is 5.15. The van der Waals surface area contributed by atoms with Crippen molar-refractivity contribution >= 4 is 42.6 Å². The Kier molecular flexibility index (Phi) is 19.4.